The summed E-state index contributed by atoms with van der Waals surface area (Å²) in [6, 6.07) is 0. The van der Waals surface area contributed by atoms with E-state index in [1.807, 2.05) is 6.92 Å². The average molecular weight is 277 g/mol. The third kappa shape index (κ3) is 4.16. The van der Waals surface area contributed by atoms with Crippen molar-refractivity contribution in [3.05, 3.63) is 5.82 Å². The summed E-state index contributed by atoms with van der Waals surface area (Å²) in [5.41, 5.74) is 0. The Morgan fingerprint density at radius 1 is 1.53 bits per heavy atom. The average Bonchev–Trinajstić information content (AvgIpc) is 2.52. The van der Waals surface area contributed by atoms with E-state index in [-0.39, 0.29) is 5.25 Å². The lowest BCUT2D eigenvalue weighted by Gasteiger charge is -2.04. The molecule has 0 N–H and O–H groups in total. The van der Waals surface area contributed by atoms with E-state index in [0.29, 0.717) is 10.2 Å². The molecular formula is C7H8ClF3N2S2. The van der Waals surface area contributed by atoms with Crippen molar-refractivity contribution in [3.8, 4) is 0 Å². The van der Waals surface area contributed by atoms with Crippen LogP contribution in [-0.4, -0.2) is 20.5 Å². The van der Waals surface area contributed by atoms with Crippen LogP contribution in [0.3, 0.4) is 0 Å². The van der Waals surface area contributed by atoms with Crippen LogP contribution in [0.1, 0.15) is 19.2 Å². The van der Waals surface area contributed by atoms with Crippen molar-refractivity contribution >= 4 is 34.9 Å². The molecule has 0 spiro atoms. The fraction of sp³-hybridized carbons (Fsp3) is 0.714. The first-order valence-electron chi connectivity index (χ1n) is 4.07. The second kappa shape index (κ2) is 5.36. The molecule has 0 bridgehead atoms. The zero-order valence-electron chi connectivity index (χ0n) is 7.71. The monoisotopic (exact) mass is 276 g/mol. The summed E-state index contributed by atoms with van der Waals surface area (Å²) in [6.45, 7) is 1.89. The topological polar surface area (TPSA) is 25.8 Å². The molecule has 2 nitrogen and oxygen atoms in total. The number of aromatic nitrogens is 2. The van der Waals surface area contributed by atoms with Gasteiger partial charge in [0.05, 0.1) is 0 Å². The van der Waals surface area contributed by atoms with Crippen molar-refractivity contribution < 1.29 is 13.2 Å². The van der Waals surface area contributed by atoms with Gasteiger partial charge >= 0.3 is 6.18 Å². The van der Waals surface area contributed by atoms with Gasteiger partial charge in [-0.2, -0.15) is 17.5 Å². The molecule has 1 heterocycles. The van der Waals surface area contributed by atoms with Crippen LogP contribution in [0.5, 0.6) is 0 Å². The number of rotatable bonds is 4. The largest absolute Gasteiger partial charge is 0.452 e. The maximum atomic E-state index is 12.1. The SMILES string of the molecule is CC(CCCl)Sc1nc(C(F)(F)F)ns1. The smallest absolute Gasteiger partial charge is 0.204 e. The Hall–Kier alpha value is -0.0100. The minimum absolute atomic E-state index is 0.150. The van der Waals surface area contributed by atoms with Crippen molar-refractivity contribution in [1.82, 2.24) is 9.36 Å². The maximum Gasteiger partial charge on any atom is 0.452 e. The standard InChI is InChI=1S/C7H8ClF3N2S2/c1-4(2-3-8)14-6-12-5(13-15-6)7(9,10)11/h4H,2-3H2,1H3. The van der Waals surface area contributed by atoms with Crippen LogP contribution in [0.2, 0.25) is 0 Å². The molecule has 0 fully saturated rings. The molecule has 1 aromatic rings. The predicted octanol–water partition coefficient (Wildman–Crippen LogP) is 3.67. The van der Waals surface area contributed by atoms with E-state index in [2.05, 4.69) is 9.36 Å². The third-order valence-electron chi connectivity index (χ3n) is 1.48. The summed E-state index contributed by atoms with van der Waals surface area (Å²) in [7, 11) is 0. The fourth-order valence-corrected chi connectivity index (χ4v) is 3.15. The second-order valence-electron chi connectivity index (χ2n) is 2.79. The van der Waals surface area contributed by atoms with E-state index < -0.39 is 12.0 Å². The van der Waals surface area contributed by atoms with Gasteiger partial charge in [-0.3, -0.25) is 0 Å². The van der Waals surface area contributed by atoms with Crippen LogP contribution in [0, 0.1) is 0 Å². The van der Waals surface area contributed by atoms with E-state index >= 15 is 0 Å². The van der Waals surface area contributed by atoms with Crippen molar-refractivity contribution in [2.45, 2.75) is 29.1 Å². The van der Waals surface area contributed by atoms with E-state index in [1.54, 1.807) is 0 Å². The molecule has 1 atom stereocenters. The Labute approximate surface area is 98.4 Å². The molecule has 0 aromatic carbocycles. The van der Waals surface area contributed by atoms with E-state index in [9.17, 15) is 13.2 Å². The highest BCUT2D eigenvalue weighted by Crippen LogP contribution is 2.32. The molecular weight excluding hydrogens is 269 g/mol. The van der Waals surface area contributed by atoms with Crippen molar-refractivity contribution in [1.29, 1.82) is 0 Å². The van der Waals surface area contributed by atoms with E-state index in [4.69, 9.17) is 11.6 Å². The van der Waals surface area contributed by atoms with Crippen LogP contribution >= 0.6 is 34.9 Å². The number of nitrogens with zero attached hydrogens (tertiary/aromatic N) is 2. The normalized spacial score (nSPS) is 14.2. The molecule has 8 heteroatoms. The lowest BCUT2D eigenvalue weighted by atomic mass is 10.4. The minimum atomic E-state index is -4.45. The molecule has 0 amide bonds. The Balaban J connectivity index is 2.61. The van der Waals surface area contributed by atoms with Gasteiger partial charge in [0.25, 0.3) is 0 Å². The van der Waals surface area contributed by atoms with Gasteiger partial charge in [0.1, 0.15) is 0 Å². The van der Waals surface area contributed by atoms with Crippen LogP contribution in [0.15, 0.2) is 4.34 Å². The van der Waals surface area contributed by atoms with Gasteiger partial charge in [-0.1, -0.05) is 18.7 Å². The van der Waals surface area contributed by atoms with Gasteiger partial charge in [-0.15, -0.1) is 11.6 Å². The minimum Gasteiger partial charge on any atom is -0.204 e. The van der Waals surface area contributed by atoms with Crippen LogP contribution in [0.4, 0.5) is 13.2 Å². The molecule has 0 aliphatic carbocycles. The van der Waals surface area contributed by atoms with Gasteiger partial charge in [-0.25, -0.2) is 4.98 Å². The number of hydrogen-bond donors (Lipinski definition) is 0. The molecule has 1 rings (SSSR count). The molecule has 1 unspecified atom stereocenters. The molecule has 15 heavy (non-hydrogen) atoms. The van der Waals surface area contributed by atoms with Gasteiger partial charge in [0.2, 0.25) is 5.82 Å². The summed E-state index contributed by atoms with van der Waals surface area (Å²) in [5, 5.41) is 0.150. The molecule has 1 aromatic heterocycles. The molecule has 86 valence electrons. The Morgan fingerprint density at radius 2 is 2.20 bits per heavy atom. The van der Waals surface area contributed by atoms with Crippen molar-refractivity contribution in [2.75, 3.05) is 5.88 Å². The summed E-state index contributed by atoms with van der Waals surface area (Å²) in [6.07, 6.45) is -3.72. The summed E-state index contributed by atoms with van der Waals surface area (Å²) in [4.78, 5) is 3.41. The summed E-state index contributed by atoms with van der Waals surface area (Å²) >= 11 is 7.55. The molecule has 0 radical (unpaired) electrons. The molecule has 0 saturated heterocycles. The first kappa shape index (κ1) is 13.1. The Kier molecular flexibility index (Phi) is 4.66. The lowest BCUT2D eigenvalue weighted by Crippen LogP contribution is -2.07. The first-order chi connectivity index (χ1) is 6.93. The zero-order valence-corrected chi connectivity index (χ0v) is 10.1. The quantitative estimate of drug-likeness (QED) is 0.620. The lowest BCUT2D eigenvalue weighted by molar-refractivity contribution is -0.144. The van der Waals surface area contributed by atoms with E-state index in [1.165, 1.54) is 11.8 Å². The van der Waals surface area contributed by atoms with Gasteiger partial charge in [0, 0.05) is 11.1 Å². The highest BCUT2D eigenvalue weighted by atomic mass is 35.5. The van der Waals surface area contributed by atoms with Crippen LogP contribution < -0.4 is 0 Å². The van der Waals surface area contributed by atoms with Crippen molar-refractivity contribution in [3.63, 3.8) is 0 Å². The second-order valence-corrected chi connectivity index (χ2v) is 5.60. The maximum absolute atomic E-state index is 12.1. The zero-order chi connectivity index (χ0) is 11.5. The first-order valence-corrected chi connectivity index (χ1v) is 6.25. The molecule has 0 aliphatic heterocycles. The Morgan fingerprint density at radius 3 is 2.67 bits per heavy atom. The highest BCUT2D eigenvalue weighted by Gasteiger charge is 2.36. The molecule has 0 aliphatic rings. The van der Waals surface area contributed by atoms with E-state index in [0.717, 1.165) is 18.0 Å². The van der Waals surface area contributed by atoms with Crippen molar-refractivity contribution in [2.24, 2.45) is 0 Å². The summed E-state index contributed by atoms with van der Waals surface area (Å²) in [5.74, 6) is -0.577. The molecule has 0 saturated carbocycles. The number of thioether (sulfide) groups is 1. The highest BCUT2D eigenvalue weighted by molar-refractivity contribution is 8.01. The fourth-order valence-electron chi connectivity index (χ4n) is 0.757. The Bertz CT molecular complexity index is 315. The van der Waals surface area contributed by atoms with Gasteiger partial charge in [0.15, 0.2) is 4.34 Å². The van der Waals surface area contributed by atoms with Gasteiger partial charge in [-0.05, 0) is 18.0 Å². The van der Waals surface area contributed by atoms with Crippen LogP contribution in [-0.2, 0) is 6.18 Å². The third-order valence-corrected chi connectivity index (χ3v) is 3.65. The number of halogens is 4. The predicted molar refractivity (Wildman–Crippen MR) is 55.6 cm³/mol. The van der Waals surface area contributed by atoms with Gasteiger partial charge < -0.3 is 0 Å². The van der Waals surface area contributed by atoms with Crippen LogP contribution in [0.25, 0.3) is 0 Å². The summed E-state index contributed by atoms with van der Waals surface area (Å²) < 4.78 is 40.0. The number of hydrogen-bond acceptors (Lipinski definition) is 4. The number of alkyl halides is 4.